The normalized spacial score (nSPS) is 17.6. The molecule has 0 nitrogen and oxygen atoms in total. The topological polar surface area (TPSA) is 0 Å². The molecule has 0 bridgehead atoms. The molecule has 0 radical (unpaired) electrons. The third-order valence-corrected chi connectivity index (χ3v) is 3.24. The molecular formula is C11H11I2Ti. The van der Waals surface area contributed by atoms with Crippen LogP contribution in [0.2, 0.25) is 0 Å². The summed E-state index contributed by atoms with van der Waals surface area (Å²) in [6.45, 7) is 2.25. The molecule has 1 atom stereocenters. The van der Waals surface area contributed by atoms with Crippen molar-refractivity contribution >= 4 is 6.08 Å². The van der Waals surface area contributed by atoms with Gasteiger partial charge in [0.1, 0.15) is 0 Å². The van der Waals surface area contributed by atoms with E-state index in [1.54, 1.807) is 0 Å². The molecule has 0 N–H and O–H groups in total. The average molecular weight is 445 g/mol. The van der Waals surface area contributed by atoms with Crippen molar-refractivity contribution in [2.75, 3.05) is 0 Å². The first-order chi connectivity index (χ1) is 5.83. The van der Waals surface area contributed by atoms with Crippen LogP contribution in [0.4, 0.5) is 0 Å². The molecule has 1 aliphatic rings. The minimum absolute atomic E-state index is 0. The van der Waals surface area contributed by atoms with E-state index in [9.17, 15) is 0 Å². The van der Waals surface area contributed by atoms with E-state index in [0.29, 0.717) is 5.92 Å². The third kappa shape index (κ3) is 2.83. The van der Waals surface area contributed by atoms with Crippen LogP contribution in [0, 0.1) is 0 Å². The van der Waals surface area contributed by atoms with E-state index in [0.717, 1.165) is 0 Å². The molecule has 73 valence electrons. The number of hydrogen-bond acceptors (Lipinski definition) is 0. The fraction of sp³-hybridized carbons (Fsp3) is 0.273. The zero-order valence-electron chi connectivity index (χ0n) is 7.93. The Morgan fingerprint density at radius 2 is 1.86 bits per heavy atom. The summed E-state index contributed by atoms with van der Waals surface area (Å²) in [4.78, 5) is 0. The summed E-state index contributed by atoms with van der Waals surface area (Å²) in [6, 6.07) is 8.69. The van der Waals surface area contributed by atoms with E-state index >= 15 is 0 Å². The monoisotopic (exact) mass is 445 g/mol. The molecule has 0 heterocycles. The van der Waals surface area contributed by atoms with Gasteiger partial charge in [-0.1, -0.05) is 0 Å². The van der Waals surface area contributed by atoms with Crippen LogP contribution in [0.1, 0.15) is 30.4 Å². The van der Waals surface area contributed by atoms with E-state index in [2.05, 4.69) is 57.7 Å². The molecule has 1 aliphatic carbocycles. The summed E-state index contributed by atoms with van der Waals surface area (Å²) >= 11 is 2.23. The summed E-state index contributed by atoms with van der Waals surface area (Å²) < 4.78 is 1.51. The summed E-state index contributed by atoms with van der Waals surface area (Å²) in [5.41, 5.74) is 2.93. The van der Waals surface area contributed by atoms with Gasteiger partial charge in [0.15, 0.2) is 0 Å². The van der Waals surface area contributed by atoms with Crippen LogP contribution in [-0.2, 0) is 20.4 Å². The van der Waals surface area contributed by atoms with Gasteiger partial charge in [-0.15, -0.1) is 0 Å². The van der Waals surface area contributed by atoms with Crippen molar-refractivity contribution in [3.05, 3.63) is 39.3 Å². The van der Waals surface area contributed by atoms with Gasteiger partial charge in [-0.3, -0.25) is 0 Å². The quantitative estimate of drug-likeness (QED) is 0.322. The predicted octanol–water partition coefficient (Wildman–Crippen LogP) is -2.91. The number of halogens is 2. The molecule has 1 aromatic rings. The number of benzene rings is 1. The van der Waals surface area contributed by atoms with Crippen molar-refractivity contribution in [1.29, 1.82) is 0 Å². The molecule has 0 fully saturated rings. The second-order valence-electron chi connectivity index (χ2n) is 3.19. The molecule has 0 saturated carbocycles. The van der Waals surface area contributed by atoms with Gasteiger partial charge in [0, 0.05) is 0 Å². The SMILES string of the molecule is CCC1[C]([Ti+2])=Cc2ccccc21.[I-].[I-]. The van der Waals surface area contributed by atoms with Crippen molar-refractivity contribution in [1.82, 2.24) is 0 Å². The van der Waals surface area contributed by atoms with Gasteiger partial charge in [-0.05, 0) is 0 Å². The summed E-state index contributed by atoms with van der Waals surface area (Å²) in [5, 5.41) is 0. The smallest absolute Gasteiger partial charge is 1.00 e. The van der Waals surface area contributed by atoms with Crippen molar-refractivity contribution < 1.29 is 68.4 Å². The minimum atomic E-state index is 0. The summed E-state index contributed by atoms with van der Waals surface area (Å²) in [6.07, 6.45) is 3.53. The van der Waals surface area contributed by atoms with Crippen molar-refractivity contribution in [3.8, 4) is 0 Å². The molecule has 1 aromatic carbocycles. The number of fused-ring (bicyclic) bond motifs is 1. The van der Waals surface area contributed by atoms with Crippen LogP contribution in [0.25, 0.3) is 6.08 Å². The van der Waals surface area contributed by atoms with E-state index < -0.39 is 0 Å². The third-order valence-electron chi connectivity index (χ3n) is 2.47. The Kier molecular flexibility index (Phi) is 7.20. The van der Waals surface area contributed by atoms with Crippen molar-refractivity contribution in [3.63, 3.8) is 0 Å². The summed E-state index contributed by atoms with van der Waals surface area (Å²) in [7, 11) is 0. The minimum Gasteiger partial charge on any atom is -1.00 e. The molecule has 0 aliphatic heterocycles. The molecule has 3 heteroatoms. The number of allylic oxidation sites excluding steroid dienone is 1. The standard InChI is InChI=1S/C11H11.2HI.Ti/c1-2-9-7-8-10-5-3-4-6-11(9)10;;;/h3-6,8-9H,2H2,1H3;2*1H;/q;;;+2/p-2. The Morgan fingerprint density at radius 1 is 1.21 bits per heavy atom. The maximum Gasteiger partial charge on any atom is -1.00 e. The van der Waals surface area contributed by atoms with Crippen LogP contribution >= 0.6 is 0 Å². The van der Waals surface area contributed by atoms with Gasteiger partial charge < -0.3 is 48.0 Å². The van der Waals surface area contributed by atoms with Gasteiger partial charge >= 0.3 is 85.0 Å². The maximum absolute atomic E-state index is 2.31. The first kappa shape index (κ1) is 15.1. The van der Waals surface area contributed by atoms with Crippen LogP contribution in [-0.4, -0.2) is 0 Å². The predicted molar refractivity (Wildman–Crippen MR) is 47.5 cm³/mol. The van der Waals surface area contributed by atoms with E-state index in [4.69, 9.17) is 0 Å². The first-order valence-corrected chi connectivity index (χ1v) is 5.13. The van der Waals surface area contributed by atoms with Gasteiger partial charge in [0.05, 0.1) is 0 Å². The molecule has 0 aromatic heterocycles. The van der Waals surface area contributed by atoms with E-state index in [1.807, 2.05) is 0 Å². The second-order valence-corrected chi connectivity index (χ2v) is 4.09. The molecule has 2 rings (SSSR count). The van der Waals surface area contributed by atoms with Crippen LogP contribution in [0.3, 0.4) is 0 Å². The Balaban J connectivity index is 0.000000845. The second kappa shape index (κ2) is 6.66. The zero-order valence-corrected chi connectivity index (χ0v) is 13.8. The van der Waals surface area contributed by atoms with Crippen LogP contribution in [0.15, 0.2) is 28.1 Å². The molecule has 0 spiro atoms. The fourth-order valence-corrected chi connectivity index (χ4v) is 2.64. The van der Waals surface area contributed by atoms with E-state index in [-0.39, 0.29) is 48.0 Å². The maximum atomic E-state index is 2.31. The van der Waals surface area contributed by atoms with Gasteiger partial charge in [-0.25, -0.2) is 0 Å². The number of hydrogen-bond donors (Lipinski definition) is 0. The largest absolute Gasteiger partial charge is 1.00 e. The van der Waals surface area contributed by atoms with Crippen LogP contribution in [0.5, 0.6) is 0 Å². The summed E-state index contributed by atoms with van der Waals surface area (Å²) in [5.74, 6) is 0.682. The Hall–Kier alpha value is 1.13. The van der Waals surface area contributed by atoms with Crippen molar-refractivity contribution in [2.24, 2.45) is 0 Å². The molecule has 0 amide bonds. The average Bonchev–Trinajstić information content (AvgIpc) is 2.40. The van der Waals surface area contributed by atoms with Gasteiger partial charge in [-0.2, -0.15) is 0 Å². The zero-order chi connectivity index (χ0) is 8.55. The van der Waals surface area contributed by atoms with Gasteiger partial charge in [0.2, 0.25) is 0 Å². The first-order valence-electron chi connectivity index (χ1n) is 4.35. The molecular weight excluding hydrogens is 434 g/mol. The van der Waals surface area contributed by atoms with Gasteiger partial charge in [0.25, 0.3) is 0 Å². The fourth-order valence-electron chi connectivity index (χ4n) is 1.84. The van der Waals surface area contributed by atoms with E-state index in [1.165, 1.54) is 21.4 Å². The Labute approximate surface area is 131 Å². The molecule has 14 heavy (non-hydrogen) atoms. The molecule has 0 saturated heterocycles. The van der Waals surface area contributed by atoms with Crippen molar-refractivity contribution in [2.45, 2.75) is 19.3 Å². The number of rotatable bonds is 1. The molecule has 1 unspecified atom stereocenters. The Bertz CT molecular complexity index is 334. The van der Waals surface area contributed by atoms with Crippen LogP contribution < -0.4 is 48.0 Å². The Morgan fingerprint density at radius 3 is 2.50 bits per heavy atom.